The number of rotatable bonds is 4. The highest BCUT2D eigenvalue weighted by molar-refractivity contribution is 5.82. The predicted molar refractivity (Wildman–Crippen MR) is 94.4 cm³/mol. The molecule has 3 aromatic heterocycles. The van der Waals surface area contributed by atoms with Crippen molar-refractivity contribution in [3.05, 3.63) is 48.7 Å². The first-order valence-corrected chi connectivity index (χ1v) is 8.48. The third-order valence-corrected chi connectivity index (χ3v) is 4.75. The first-order valence-electron chi connectivity index (χ1n) is 8.48. The number of benzene rings is 1. The molecule has 25 heavy (non-hydrogen) atoms. The molecule has 1 aromatic carbocycles. The molecule has 126 valence electrons. The number of aromatic nitrogens is 3. The summed E-state index contributed by atoms with van der Waals surface area (Å²) in [5.74, 6) is 1.86. The summed E-state index contributed by atoms with van der Waals surface area (Å²) >= 11 is 0. The van der Waals surface area contributed by atoms with Gasteiger partial charge in [-0.15, -0.1) is 5.10 Å². The van der Waals surface area contributed by atoms with E-state index < -0.39 is 0 Å². The van der Waals surface area contributed by atoms with Gasteiger partial charge < -0.3 is 14.9 Å². The summed E-state index contributed by atoms with van der Waals surface area (Å²) < 4.78 is 13.5. The Morgan fingerprint density at radius 1 is 1.20 bits per heavy atom. The molecule has 6 heteroatoms. The summed E-state index contributed by atoms with van der Waals surface area (Å²) in [6.07, 6.45) is 3.82. The lowest BCUT2D eigenvalue weighted by atomic mass is 9.82. The average molecular weight is 334 g/mol. The van der Waals surface area contributed by atoms with E-state index in [2.05, 4.69) is 10.1 Å². The van der Waals surface area contributed by atoms with Crippen LogP contribution in [-0.4, -0.2) is 27.2 Å². The number of ether oxygens (including phenoxy) is 1. The van der Waals surface area contributed by atoms with Crippen LogP contribution in [0.15, 0.2) is 53.1 Å². The second-order valence-corrected chi connectivity index (χ2v) is 6.64. The van der Waals surface area contributed by atoms with Gasteiger partial charge in [0.25, 0.3) is 0 Å². The van der Waals surface area contributed by atoms with Crippen LogP contribution in [0.2, 0.25) is 0 Å². The maximum atomic E-state index is 5.94. The van der Waals surface area contributed by atoms with Gasteiger partial charge in [0.05, 0.1) is 12.8 Å². The molecule has 0 atom stereocenters. The molecule has 0 saturated heterocycles. The van der Waals surface area contributed by atoms with Gasteiger partial charge in [0.15, 0.2) is 11.4 Å². The van der Waals surface area contributed by atoms with E-state index in [9.17, 15) is 0 Å². The molecule has 1 fully saturated rings. The van der Waals surface area contributed by atoms with Gasteiger partial charge in [-0.25, -0.2) is 9.50 Å². The Labute approximate surface area is 144 Å². The van der Waals surface area contributed by atoms with Gasteiger partial charge in [0.1, 0.15) is 11.3 Å². The summed E-state index contributed by atoms with van der Waals surface area (Å²) in [5, 5.41) is 5.63. The summed E-state index contributed by atoms with van der Waals surface area (Å²) in [5.41, 5.74) is 8.23. The third-order valence-electron chi connectivity index (χ3n) is 4.75. The van der Waals surface area contributed by atoms with Gasteiger partial charge in [0, 0.05) is 17.5 Å². The van der Waals surface area contributed by atoms with Crippen molar-refractivity contribution in [2.75, 3.05) is 6.61 Å². The Kier molecular flexibility index (Phi) is 3.24. The topological polar surface area (TPSA) is 78.6 Å². The van der Waals surface area contributed by atoms with Gasteiger partial charge in [-0.1, -0.05) is 18.2 Å². The van der Waals surface area contributed by atoms with E-state index in [1.165, 1.54) is 0 Å². The first kappa shape index (κ1) is 14.5. The van der Waals surface area contributed by atoms with Crippen LogP contribution in [0.5, 0.6) is 5.88 Å². The van der Waals surface area contributed by atoms with Crippen LogP contribution in [-0.2, 0) is 0 Å². The molecule has 6 nitrogen and oxygen atoms in total. The van der Waals surface area contributed by atoms with Gasteiger partial charge in [-0.05, 0) is 37.0 Å². The summed E-state index contributed by atoms with van der Waals surface area (Å²) in [6, 6.07) is 14.0. The second-order valence-electron chi connectivity index (χ2n) is 6.64. The monoisotopic (exact) mass is 334 g/mol. The Balaban J connectivity index is 1.47. The lowest BCUT2D eigenvalue weighted by Gasteiger charge is -2.31. The second kappa shape index (κ2) is 5.60. The molecule has 1 saturated carbocycles. The molecule has 1 aliphatic rings. The molecule has 1 aliphatic carbocycles. The minimum atomic E-state index is 0.331. The van der Waals surface area contributed by atoms with Crippen LogP contribution in [0.25, 0.3) is 28.1 Å². The van der Waals surface area contributed by atoms with E-state index in [-0.39, 0.29) is 0 Å². The number of fused-ring (bicyclic) bond motifs is 2. The number of nitrogens with zero attached hydrogens (tertiary/aromatic N) is 3. The molecule has 4 aromatic rings. The van der Waals surface area contributed by atoms with E-state index in [1.54, 1.807) is 10.7 Å². The van der Waals surface area contributed by atoms with Crippen LogP contribution >= 0.6 is 0 Å². The van der Waals surface area contributed by atoms with Gasteiger partial charge in [0.2, 0.25) is 5.88 Å². The molecular formula is C19H18N4O2. The molecule has 0 radical (unpaired) electrons. The minimum Gasteiger partial charge on any atom is -0.476 e. The predicted octanol–water partition coefficient (Wildman–Crippen LogP) is 3.26. The fourth-order valence-corrected chi connectivity index (χ4v) is 3.34. The molecule has 2 N–H and O–H groups in total. The van der Waals surface area contributed by atoms with Crippen molar-refractivity contribution in [2.24, 2.45) is 11.7 Å². The smallest absolute Gasteiger partial charge is 0.231 e. The fraction of sp³-hybridized carbons (Fsp3) is 0.263. The van der Waals surface area contributed by atoms with Crippen molar-refractivity contribution >= 4 is 16.6 Å². The number of hydrogen-bond acceptors (Lipinski definition) is 5. The minimum absolute atomic E-state index is 0.331. The molecule has 3 heterocycles. The highest BCUT2D eigenvalue weighted by Crippen LogP contribution is 2.29. The molecule has 0 spiro atoms. The van der Waals surface area contributed by atoms with Crippen molar-refractivity contribution in [3.8, 4) is 17.3 Å². The largest absolute Gasteiger partial charge is 0.476 e. The van der Waals surface area contributed by atoms with Crippen molar-refractivity contribution in [2.45, 2.75) is 18.9 Å². The zero-order valence-corrected chi connectivity index (χ0v) is 13.6. The first-order chi connectivity index (χ1) is 12.3. The maximum absolute atomic E-state index is 5.94. The SMILES string of the molecule is N[C@H]1C[C@H](COc2ccc3ncc(-c4cc5ccccc5o4)n3n2)C1. The number of hydrogen-bond donors (Lipinski definition) is 1. The number of nitrogens with two attached hydrogens (primary N) is 1. The Morgan fingerprint density at radius 3 is 2.92 bits per heavy atom. The summed E-state index contributed by atoms with van der Waals surface area (Å²) in [6.45, 7) is 0.654. The number of para-hydroxylation sites is 1. The van der Waals surface area contributed by atoms with Crippen LogP contribution in [0.1, 0.15) is 12.8 Å². The maximum Gasteiger partial charge on any atom is 0.231 e. The molecule has 0 amide bonds. The van der Waals surface area contributed by atoms with Crippen molar-refractivity contribution in [1.29, 1.82) is 0 Å². The van der Waals surface area contributed by atoms with Gasteiger partial charge >= 0.3 is 0 Å². The van der Waals surface area contributed by atoms with E-state index in [1.807, 2.05) is 42.5 Å². The highest BCUT2D eigenvalue weighted by Gasteiger charge is 2.26. The third kappa shape index (κ3) is 2.55. The van der Waals surface area contributed by atoms with Crippen LogP contribution in [0, 0.1) is 5.92 Å². The summed E-state index contributed by atoms with van der Waals surface area (Å²) in [7, 11) is 0. The van der Waals surface area contributed by atoms with Crippen LogP contribution < -0.4 is 10.5 Å². The highest BCUT2D eigenvalue weighted by atomic mass is 16.5. The van der Waals surface area contributed by atoms with Gasteiger partial charge in [-0.2, -0.15) is 0 Å². The van der Waals surface area contributed by atoms with E-state index in [0.717, 1.165) is 40.9 Å². The van der Waals surface area contributed by atoms with Crippen molar-refractivity contribution < 1.29 is 9.15 Å². The average Bonchev–Trinajstić information content (AvgIpc) is 3.20. The van der Waals surface area contributed by atoms with E-state index >= 15 is 0 Å². The number of furan rings is 1. The van der Waals surface area contributed by atoms with Crippen LogP contribution in [0.3, 0.4) is 0 Å². The standard InChI is InChI=1S/C19H18N4O2/c20-14-7-12(8-14)11-24-19-6-5-18-21-10-15(23(18)22-19)17-9-13-3-1-2-4-16(13)25-17/h1-6,9-10,12,14H,7-8,11,20H2/t12-,14-. The fourth-order valence-electron chi connectivity index (χ4n) is 3.34. The number of imidazole rings is 1. The van der Waals surface area contributed by atoms with Crippen molar-refractivity contribution in [1.82, 2.24) is 14.6 Å². The lowest BCUT2D eigenvalue weighted by Crippen LogP contribution is -2.39. The molecular weight excluding hydrogens is 316 g/mol. The lowest BCUT2D eigenvalue weighted by molar-refractivity contribution is 0.154. The normalized spacial score (nSPS) is 20.0. The Hall–Kier alpha value is -2.86. The molecule has 0 unspecified atom stereocenters. The van der Waals surface area contributed by atoms with Crippen LogP contribution in [0.4, 0.5) is 0 Å². The molecule has 0 bridgehead atoms. The zero-order valence-electron chi connectivity index (χ0n) is 13.6. The van der Waals surface area contributed by atoms with Gasteiger partial charge in [-0.3, -0.25) is 0 Å². The Bertz CT molecular complexity index is 1010. The quantitative estimate of drug-likeness (QED) is 0.620. The van der Waals surface area contributed by atoms with E-state index in [4.69, 9.17) is 14.9 Å². The molecule has 5 rings (SSSR count). The van der Waals surface area contributed by atoms with Crippen molar-refractivity contribution in [3.63, 3.8) is 0 Å². The molecule has 0 aliphatic heterocycles. The van der Waals surface area contributed by atoms with E-state index in [0.29, 0.717) is 24.4 Å². The zero-order chi connectivity index (χ0) is 16.8. The summed E-state index contributed by atoms with van der Waals surface area (Å²) in [4.78, 5) is 4.41. The Morgan fingerprint density at radius 2 is 2.08 bits per heavy atom.